The molecule has 0 bridgehead atoms. The van der Waals surface area contributed by atoms with Gasteiger partial charge in [0.2, 0.25) is 5.82 Å². The second-order valence-electron chi connectivity index (χ2n) is 2.36. The number of pyridine rings is 1. The van der Waals surface area contributed by atoms with Crippen molar-refractivity contribution >= 4 is 0 Å². The third-order valence-electron chi connectivity index (χ3n) is 1.47. The summed E-state index contributed by atoms with van der Waals surface area (Å²) in [7, 11) is 0. The SMILES string of the molecule is OCc1nnn(-c2cccnc2)n1. The smallest absolute Gasteiger partial charge is 0.200 e. The summed E-state index contributed by atoms with van der Waals surface area (Å²) in [4.78, 5) is 5.22. The Bertz CT molecular complexity index is 385. The molecule has 0 saturated carbocycles. The third kappa shape index (κ3) is 1.52. The zero-order valence-corrected chi connectivity index (χ0v) is 6.70. The van der Waals surface area contributed by atoms with Gasteiger partial charge in [0.25, 0.3) is 0 Å². The molecule has 0 aliphatic heterocycles. The molecule has 66 valence electrons. The molecule has 0 spiro atoms. The van der Waals surface area contributed by atoms with Gasteiger partial charge in [0.15, 0.2) is 0 Å². The minimum atomic E-state index is -0.208. The monoisotopic (exact) mass is 177 g/mol. The van der Waals surface area contributed by atoms with Crippen LogP contribution in [0.5, 0.6) is 0 Å². The molecule has 0 aliphatic rings. The summed E-state index contributed by atoms with van der Waals surface area (Å²) >= 11 is 0. The predicted octanol–water partition coefficient (Wildman–Crippen LogP) is -0.450. The highest BCUT2D eigenvalue weighted by Gasteiger charge is 2.01. The molecule has 6 heteroatoms. The van der Waals surface area contributed by atoms with Gasteiger partial charge in [-0.1, -0.05) is 0 Å². The van der Waals surface area contributed by atoms with Crippen molar-refractivity contribution < 1.29 is 5.11 Å². The molecule has 2 aromatic heterocycles. The number of aliphatic hydroxyl groups excluding tert-OH is 1. The molecule has 0 atom stereocenters. The van der Waals surface area contributed by atoms with E-state index < -0.39 is 0 Å². The van der Waals surface area contributed by atoms with Crippen LogP contribution in [-0.4, -0.2) is 30.3 Å². The highest BCUT2D eigenvalue weighted by atomic mass is 16.3. The highest BCUT2D eigenvalue weighted by Crippen LogP contribution is 1.99. The van der Waals surface area contributed by atoms with Crippen molar-refractivity contribution in [3.63, 3.8) is 0 Å². The summed E-state index contributed by atoms with van der Waals surface area (Å²) in [6.45, 7) is -0.208. The zero-order chi connectivity index (χ0) is 9.10. The van der Waals surface area contributed by atoms with E-state index in [0.717, 1.165) is 5.69 Å². The van der Waals surface area contributed by atoms with Gasteiger partial charge >= 0.3 is 0 Å². The molecule has 0 unspecified atom stereocenters. The summed E-state index contributed by atoms with van der Waals surface area (Å²) in [5.41, 5.74) is 0.717. The minimum Gasteiger partial charge on any atom is -0.388 e. The van der Waals surface area contributed by atoms with Crippen LogP contribution in [0.25, 0.3) is 5.69 Å². The molecule has 6 nitrogen and oxygen atoms in total. The summed E-state index contributed by atoms with van der Waals surface area (Å²) < 4.78 is 0. The summed E-state index contributed by atoms with van der Waals surface area (Å²) in [5.74, 6) is 0.295. The van der Waals surface area contributed by atoms with E-state index in [0.29, 0.717) is 5.82 Å². The highest BCUT2D eigenvalue weighted by molar-refractivity contribution is 5.23. The molecule has 0 fully saturated rings. The number of rotatable bonds is 2. The van der Waals surface area contributed by atoms with E-state index in [1.54, 1.807) is 24.5 Å². The minimum absolute atomic E-state index is 0.208. The quantitative estimate of drug-likeness (QED) is 0.672. The van der Waals surface area contributed by atoms with Crippen molar-refractivity contribution in [3.8, 4) is 5.69 Å². The molecular weight excluding hydrogens is 170 g/mol. The van der Waals surface area contributed by atoms with Crippen LogP contribution in [0.4, 0.5) is 0 Å². The number of hydrogen-bond donors (Lipinski definition) is 1. The lowest BCUT2D eigenvalue weighted by molar-refractivity contribution is 0.271. The summed E-state index contributed by atoms with van der Waals surface area (Å²) in [6, 6.07) is 3.58. The van der Waals surface area contributed by atoms with Crippen LogP contribution in [0, 0.1) is 0 Å². The lowest BCUT2D eigenvalue weighted by Gasteiger charge is -1.94. The Balaban J connectivity index is 2.36. The van der Waals surface area contributed by atoms with Crippen molar-refractivity contribution in [2.45, 2.75) is 6.61 Å². The van der Waals surface area contributed by atoms with E-state index in [1.807, 2.05) is 0 Å². The van der Waals surface area contributed by atoms with Gasteiger partial charge in [-0.05, 0) is 17.3 Å². The first-order chi connectivity index (χ1) is 6.40. The average molecular weight is 177 g/mol. The van der Waals surface area contributed by atoms with Crippen LogP contribution < -0.4 is 0 Å². The molecule has 0 aliphatic carbocycles. The first kappa shape index (κ1) is 7.81. The first-order valence-electron chi connectivity index (χ1n) is 3.70. The van der Waals surface area contributed by atoms with E-state index in [9.17, 15) is 0 Å². The second kappa shape index (κ2) is 3.28. The molecule has 2 heterocycles. The third-order valence-corrected chi connectivity index (χ3v) is 1.47. The van der Waals surface area contributed by atoms with Crippen molar-refractivity contribution in [2.75, 3.05) is 0 Å². The average Bonchev–Trinajstić information content (AvgIpc) is 2.67. The fraction of sp³-hybridized carbons (Fsp3) is 0.143. The van der Waals surface area contributed by atoms with Crippen molar-refractivity contribution in [3.05, 3.63) is 30.4 Å². The van der Waals surface area contributed by atoms with Gasteiger partial charge in [0.05, 0.1) is 6.20 Å². The van der Waals surface area contributed by atoms with E-state index >= 15 is 0 Å². The summed E-state index contributed by atoms with van der Waals surface area (Å²) in [6.07, 6.45) is 3.27. The predicted molar refractivity (Wildman–Crippen MR) is 42.9 cm³/mol. The summed E-state index contributed by atoms with van der Waals surface area (Å²) in [5, 5.41) is 20.0. The Labute approximate surface area is 73.9 Å². The van der Waals surface area contributed by atoms with Crippen molar-refractivity contribution in [1.29, 1.82) is 0 Å². The van der Waals surface area contributed by atoms with E-state index in [4.69, 9.17) is 5.11 Å². The van der Waals surface area contributed by atoms with E-state index in [1.165, 1.54) is 4.80 Å². The molecule has 2 rings (SSSR count). The molecule has 2 aromatic rings. The maximum atomic E-state index is 8.70. The fourth-order valence-electron chi connectivity index (χ4n) is 0.888. The standard InChI is InChI=1S/C7H7N5O/c13-5-7-9-11-12(10-7)6-2-1-3-8-4-6/h1-4,13H,5H2. The fourth-order valence-corrected chi connectivity index (χ4v) is 0.888. The Morgan fingerprint density at radius 2 is 2.38 bits per heavy atom. The van der Waals surface area contributed by atoms with Crippen LogP contribution >= 0.6 is 0 Å². The van der Waals surface area contributed by atoms with Crippen LogP contribution in [0.1, 0.15) is 5.82 Å². The van der Waals surface area contributed by atoms with Gasteiger partial charge in [0.1, 0.15) is 12.3 Å². The molecule has 0 saturated heterocycles. The Kier molecular flexibility index (Phi) is 1.97. The molecule has 13 heavy (non-hydrogen) atoms. The van der Waals surface area contributed by atoms with Gasteiger partial charge in [0, 0.05) is 6.20 Å². The van der Waals surface area contributed by atoms with Crippen molar-refractivity contribution in [2.24, 2.45) is 0 Å². The number of hydrogen-bond acceptors (Lipinski definition) is 5. The molecule has 0 radical (unpaired) electrons. The Hall–Kier alpha value is -1.82. The topological polar surface area (TPSA) is 76.7 Å². The largest absolute Gasteiger partial charge is 0.388 e. The second-order valence-corrected chi connectivity index (χ2v) is 2.36. The van der Waals surface area contributed by atoms with Gasteiger partial charge < -0.3 is 5.11 Å². The Morgan fingerprint density at radius 1 is 1.46 bits per heavy atom. The van der Waals surface area contributed by atoms with Gasteiger partial charge in [-0.2, -0.15) is 0 Å². The lowest BCUT2D eigenvalue weighted by atomic mass is 10.4. The van der Waals surface area contributed by atoms with E-state index in [-0.39, 0.29) is 6.61 Å². The normalized spacial score (nSPS) is 10.2. The molecular formula is C7H7N5O. The molecule has 0 aromatic carbocycles. The van der Waals surface area contributed by atoms with Crippen LogP contribution in [0.15, 0.2) is 24.5 Å². The van der Waals surface area contributed by atoms with Gasteiger partial charge in [-0.25, -0.2) is 0 Å². The van der Waals surface area contributed by atoms with Crippen LogP contribution in [-0.2, 0) is 6.61 Å². The number of aliphatic hydroxyl groups is 1. The number of nitrogens with zero attached hydrogens (tertiary/aromatic N) is 5. The first-order valence-corrected chi connectivity index (χ1v) is 3.70. The van der Waals surface area contributed by atoms with Crippen LogP contribution in [0.3, 0.4) is 0 Å². The Morgan fingerprint density at radius 3 is 3.00 bits per heavy atom. The van der Waals surface area contributed by atoms with Gasteiger partial charge in [-0.15, -0.1) is 15.0 Å². The van der Waals surface area contributed by atoms with E-state index in [2.05, 4.69) is 20.4 Å². The maximum Gasteiger partial charge on any atom is 0.200 e. The van der Waals surface area contributed by atoms with Crippen molar-refractivity contribution in [1.82, 2.24) is 25.2 Å². The molecule has 1 N–H and O–H groups in total. The maximum absolute atomic E-state index is 8.70. The van der Waals surface area contributed by atoms with Crippen LogP contribution in [0.2, 0.25) is 0 Å². The molecule has 0 amide bonds. The number of tetrazole rings is 1. The lowest BCUT2D eigenvalue weighted by Crippen LogP contribution is -1.99. The van der Waals surface area contributed by atoms with Gasteiger partial charge in [-0.3, -0.25) is 4.98 Å². The number of aromatic nitrogens is 5. The zero-order valence-electron chi connectivity index (χ0n) is 6.70.